The number of fused-ring (bicyclic) bond motifs is 2. The number of H-pyrrole nitrogens is 1. The molecule has 0 bridgehead atoms. The van der Waals surface area contributed by atoms with E-state index in [0.717, 1.165) is 55.1 Å². The van der Waals surface area contributed by atoms with Crippen molar-refractivity contribution in [3.05, 3.63) is 35.8 Å². The van der Waals surface area contributed by atoms with E-state index in [1.54, 1.807) is 0 Å². The fourth-order valence-corrected chi connectivity index (χ4v) is 6.49. The summed E-state index contributed by atoms with van der Waals surface area (Å²) in [7, 11) is 0. The van der Waals surface area contributed by atoms with Gasteiger partial charge in [-0.3, -0.25) is 10.1 Å². The minimum atomic E-state index is -1.20. The van der Waals surface area contributed by atoms with Crippen LogP contribution in [-0.2, 0) is 9.53 Å². The van der Waals surface area contributed by atoms with Gasteiger partial charge < -0.3 is 25.0 Å². The molecule has 1 aromatic heterocycles. The molecule has 8 heteroatoms. The van der Waals surface area contributed by atoms with Gasteiger partial charge in [-0.25, -0.2) is 4.39 Å². The number of aromatic amines is 1. The third kappa shape index (κ3) is 5.12. The van der Waals surface area contributed by atoms with Crippen LogP contribution in [0, 0.1) is 11.7 Å². The zero-order valence-corrected chi connectivity index (χ0v) is 21.0. The number of aromatic nitrogens is 1. The van der Waals surface area contributed by atoms with Crippen LogP contribution in [0.5, 0.6) is 0 Å². The van der Waals surface area contributed by atoms with Gasteiger partial charge >= 0.3 is 0 Å². The number of halogens is 1. The second-order valence-electron chi connectivity index (χ2n) is 11.5. The zero-order valence-electron chi connectivity index (χ0n) is 21.0. The van der Waals surface area contributed by atoms with Gasteiger partial charge in [-0.2, -0.15) is 0 Å². The van der Waals surface area contributed by atoms with Gasteiger partial charge in [0.15, 0.2) is 0 Å². The number of benzene rings is 1. The van der Waals surface area contributed by atoms with Gasteiger partial charge in [0.2, 0.25) is 12.3 Å². The van der Waals surface area contributed by atoms with Crippen LogP contribution in [0.4, 0.5) is 4.39 Å². The second-order valence-corrected chi connectivity index (χ2v) is 11.5. The molecule has 1 saturated carbocycles. The van der Waals surface area contributed by atoms with Gasteiger partial charge in [0.1, 0.15) is 5.82 Å². The molecule has 1 aromatic carbocycles. The molecule has 2 saturated heterocycles. The number of aliphatic hydroxyl groups is 1. The largest absolute Gasteiger partial charge is 0.361 e. The van der Waals surface area contributed by atoms with Crippen molar-refractivity contribution >= 4 is 16.8 Å². The van der Waals surface area contributed by atoms with Crippen molar-refractivity contribution in [1.82, 2.24) is 20.5 Å². The molecule has 0 radical (unpaired) electrons. The Bertz CT molecular complexity index is 1040. The maximum Gasteiger partial charge on any atom is 0.240 e. The summed E-state index contributed by atoms with van der Waals surface area (Å²) in [6.07, 6.45) is 7.03. The fraction of sp³-hybridized carbons (Fsp3) is 0.667. The van der Waals surface area contributed by atoms with Crippen molar-refractivity contribution in [2.45, 2.75) is 95.4 Å². The van der Waals surface area contributed by atoms with E-state index in [1.165, 1.54) is 18.6 Å². The first-order valence-corrected chi connectivity index (χ1v) is 13.1. The van der Waals surface area contributed by atoms with E-state index in [-0.39, 0.29) is 35.6 Å². The van der Waals surface area contributed by atoms with Crippen molar-refractivity contribution in [2.75, 3.05) is 13.1 Å². The summed E-state index contributed by atoms with van der Waals surface area (Å²) in [5, 5.41) is 18.5. The average molecular weight is 487 g/mol. The molecule has 3 heterocycles. The monoisotopic (exact) mass is 486 g/mol. The molecule has 3 aliphatic rings. The Labute approximate surface area is 206 Å². The minimum absolute atomic E-state index is 0.0279. The smallest absolute Gasteiger partial charge is 0.240 e. The van der Waals surface area contributed by atoms with Crippen LogP contribution in [0.2, 0.25) is 0 Å². The van der Waals surface area contributed by atoms with Crippen LogP contribution in [0.3, 0.4) is 0 Å². The van der Waals surface area contributed by atoms with Crippen LogP contribution in [0.15, 0.2) is 24.4 Å². The molecule has 2 aromatic rings. The number of likely N-dealkylation sites (tertiary alicyclic amines) is 1. The predicted molar refractivity (Wildman–Crippen MR) is 133 cm³/mol. The SMILES string of the molecule is CC(C)(C)OC(O)NC(C(=O)N1CCC2NCC(c3c[nH]c4cc(F)ccc34)C21)C1CCCCC1. The molecular weight excluding hydrogens is 447 g/mol. The Kier molecular flexibility index (Phi) is 6.92. The van der Waals surface area contributed by atoms with Crippen molar-refractivity contribution in [2.24, 2.45) is 5.92 Å². The van der Waals surface area contributed by atoms with Crippen LogP contribution >= 0.6 is 0 Å². The number of hydrogen-bond acceptors (Lipinski definition) is 5. The predicted octanol–water partition coefficient (Wildman–Crippen LogP) is 3.59. The average Bonchev–Trinajstić information content (AvgIpc) is 3.51. The third-order valence-electron chi connectivity index (χ3n) is 8.00. The number of amides is 1. The lowest BCUT2D eigenvalue weighted by Crippen LogP contribution is -2.57. The molecule has 35 heavy (non-hydrogen) atoms. The topological polar surface area (TPSA) is 89.6 Å². The number of ether oxygens (including phenoxy) is 1. The molecule has 5 rings (SSSR count). The lowest BCUT2D eigenvalue weighted by Gasteiger charge is -2.38. The quantitative estimate of drug-likeness (QED) is 0.469. The summed E-state index contributed by atoms with van der Waals surface area (Å²) in [6, 6.07) is 4.63. The van der Waals surface area contributed by atoms with E-state index >= 15 is 0 Å². The zero-order chi connectivity index (χ0) is 24.7. The maximum absolute atomic E-state index is 14.1. The molecular formula is C27H39FN4O3. The van der Waals surface area contributed by atoms with E-state index in [2.05, 4.69) is 15.6 Å². The van der Waals surface area contributed by atoms with Gasteiger partial charge in [0.25, 0.3) is 0 Å². The Morgan fingerprint density at radius 3 is 2.74 bits per heavy atom. The number of aliphatic hydroxyl groups excluding tert-OH is 1. The van der Waals surface area contributed by atoms with Gasteiger partial charge in [-0.1, -0.05) is 19.3 Å². The Morgan fingerprint density at radius 1 is 1.23 bits per heavy atom. The summed E-state index contributed by atoms with van der Waals surface area (Å²) in [5.41, 5.74) is 1.38. The van der Waals surface area contributed by atoms with Crippen LogP contribution in [0.25, 0.3) is 10.9 Å². The molecule has 192 valence electrons. The van der Waals surface area contributed by atoms with Crippen LogP contribution < -0.4 is 10.6 Å². The molecule has 1 amide bonds. The van der Waals surface area contributed by atoms with Crippen LogP contribution in [-0.4, -0.2) is 64.1 Å². The third-order valence-corrected chi connectivity index (χ3v) is 8.00. The molecule has 0 spiro atoms. The molecule has 5 unspecified atom stereocenters. The fourth-order valence-electron chi connectivity index (χ4n) is 6.49. The van der Waals surface area contributed by atoms with Crippen molar-refractivity contribution in [3.63, 3.8) is 0 Å². The molecule has 7 nitrogen and oxygen atoms in total. The van der Waals surface area contributed by atoms with Gasteiger partial charge in [0.05, 0.1) is 17.7 Å². The first kappa shape index (κ1) is 24.7. The summed E-state index contributed by atoms with van der Waals surface area (Å²) in [4.78, 5) is 19.4. The highest BCUT2D eigenvalue weighted by Gasteiger charge is 2.49. The maximum atomic E-state index is 14.1. The van der Waals surface area contributed by atoms with Crippen molar-refractivity contribution in [1.29, 1.82) is 0 Å². The van der Waals surface area contributed by atoms with Crippen LogP contribution in [0.1, 0.15) is 70.8 Å². The van der Waals surface area contributed by atoms with E-state index < -0.39 is 18.1 Å². The highest BCUT2D eigenvalue weighted by Crippen LogP contribution is 2.40. The van der Waals surface area contributed by atoms with Gasteiger partial charge in [-0.05, 0) is 69.7 Å². The first-order valence-electron chi connectivity index (χ1n) is 13.1. The summed E-state index contributed by atoms with van der Waals surface area (Å²) < 4.78 is 19.5. The first-order chi connectivity index (χ1) is 16.7. The highest BCUT2D eigenvalue weighted by molar-refractivity contribution is 5.85. The molecule has 2 aliphatic heterocycles. The number of rotatable bonds is 6. The Balaban J connectivity index is 1.40. The Morgan fingerprint density at radius 2 is 2.00 bits per heavy atom. The normalized spacial score (nSPS) is 27.3. The van der Waals surface area contributed by atoms with Gasteiger partial charge in [0, 0.05) is 42.1 Å². The standard InChI is InChI=1S/C27H39FN4O3/c1-27(2,3)35-26(34)31-23(16-7-5-4-6-8-16)25(33)32-12-11-21-24(32)20(15-29-21)19-14-30-22-13-17(28)9-10-18(19)22/h9-10,13-14,16,20-21,23-24,26,29-31,34H,4-8,11-12,15H2,1-3H3. The number of hydrogen-bond donors (Lipinski definition) is 4. The number of nitrogens with zero attached hydrogens (tertiary/aromatic N) is 1. The lowest BCUT2D eigenvalue weighted by molar-refractivity contribution is -0.190. The lowest BCUT2D eigenvalue weighted by atomic mass is 9.83. The Hall–Kier alpha value is -2.00. The van der Waals surface area contributed by atoms with E-state index in [4.69, 9.17) is 4.74 Å². The molecule has 5 atom stereocenters. The molecule has 4 N–H and O–H groups in total. The van der Waals surface area contributed by atoms with Gasteiger partial charge in [-0.15, -0.1) is 0 Å². The van der Waals surface area contributed by atoms with E-state index in [9.17, 15) is 14.3 Å². The summed E-state index contributed by atoms with van der Waals surface area (Å²) in [5.74, 6) is 0.0924. The minimum Gasteiger partial charge on any atom is -0.361 e. The second kappa shape index (κ2) is 9.81. The summed E-state index contributed by atoms with van der Waals surface area (Å²) in [6.45, 7) is 7.14. The number of nitrogens with one attached hydrogen (secondary N) is 3. The number of carbonyl (C=O) groups is 1. The highest BCUT2D eigenvalue weighted by atomic mass is 19.1. The number of carbonyl (C=O) groups excluding carboxylic acids is 1. The molecule has 1 aliphatic carbocycles. The van der Waals surface area contributed by atoms with E-state index in [0.29, 0.717) is 6.54 Å². The summed E-state index contributed by atoms with van der Waals surface area (Å²) >= 11 is 0. The van der Waals surface area contributed by atoms with Crippen molar-refractivity contribution in [3.8, 4) is 0 Å². The van der Waals surface area contributed by atoms with E-state index in [1.807, 2.05) is 37.9 Å². The molecule has 3 fully saturated rings. The van der Waals surface area contributed by atoms with Crippen molar-refractivity contribution < 1.29 is 19.0 Å².